The van der Waals surface area contributed by atoms with Crippen LogP contribution in [0.15, 0.2) is 27.8 Å². The molecule has 1 aromatic heterocycles. The highest BCUT2D eigenvalue weighted by atomic mass is 32.2. The molecule has 1 heterocycles. The first-order valence-corrected chi connectivity index (χ1v) is 6.96. The Morgan fingerprint density at radius 3 is 3.00 bits per heavy atom. The summed E-state index contributed by atoms with van der Waals surface area (Å²) < 4.78 is 17.5. The van der Waals surface area contributed by atoms with Crippen molar-refractivity contribution in [3.8, 4) is 0 Å². The zero-order valence-corrected chi connectivity index (χ0v) is 10.8. The molecule has 0 spiro atoms. The summed E-state index contributed by atoms with van der Waals surface area (Å²) >= 11 is 0. The van der Waals surface area contributed by atoms with Crippen molar-refractivity contribution < 1.29 is 8.63 Å². The number of anilines is 1. The van der Waals surface area contributed by atoms with Gasteiger partial charge in [-0.15, -0.1) is 0 Å². The number of nitrogen functional groups attached to an aromatic ring is 1. The van der Waals surface area contributed by atoms with E-state index in [2.05, 4.69) is 18.8 Å². The number of hydrogen-bond donors (Lipinski definition) is 1. The van der Waals surface area contributed by atoms with Gasteiger partial charge >= 0.3 is 0 Å². The maximum Gasteiger partial charge on any atom is 0.287 e. The number of hydrogen-bond acceptors (Lipinski definition) is 4. The number of fused-ring (bicyclic) bond motifs is 1. The zero-order valence-electron chi connectivity index (χ0n) is 9.97. The van der Waals surface area contributed by atoms with Crippen molar-refractivity contribution in [2.24, 2.45) is 5.92 Å². The van der Waals surface area contributed by atoms with Crippen molar-refractivity contribution in [3.63, 3.8) is 0 Å². The number of rotatable bonds is 4. The highest BCUT2D eigenvalue weighted by Gasteiger charge is 2.15. The van der Waals surface area contributed by atoms with Crippen LogP contribution < -0.4 is 5.73 Å². The van der Waals surface area contributed by atoms with E-state index in [0.29, 0.717) is 33.7 Å². The first kappa shape index (κ1) is 12.1. The molecule has 2 atom stereocenters. The van der Waals surface area contributed by atoms with Gasteiger partial charge in [-0.1, -0.05) is 20.3 Å². The molecule has 0 fully saturated rings. The van der Waals surface area contributed by atoms with E-state index >= 15 is 0 Å². The van der Waals surface area contributed by atoms with Gasteiger partial charge in [0, 0.05) is 17.5 Å². The molecule has 2 N–H and O–H groups in total. The van der Waals surface area contributed by atoms with Gasteiger partial charge in [0.1, 0.15) is 16.3 Å². The number of nitrogens with zero attached hydrogens (tertiary/aromatic N) is 1. The maximum absolute atomic E-state index is 12.0. The SMILES string of the molecule is CCC(C)CS(=O)c1nc2ccc(N)cc2o1. The van der Waals surface area contributed by atoms with Crippen molar-refractivity contribution in [3.05, 3.63) is 18.2 Å². The molecule has 0 saturated heterocycles. The Hall–Kier alpha value is -1.36. The Kier molecular flexibility index (Phi) is 3.47. The molecule has 2 unspecified atom stereocenters. The molecule has 2 aromatic rings. The summed E-state index contributed by atoms with van der Waals surface area (Å²) in [7, 11) is -1.17. The lowest BCUT2D eigenvalue weighted by Crippen LogP contribution is -2.07. The summed E-state index contributed by atoms with van der Waals surface area (Å²) in [5, 5.41) is 0.297. The lowest BCUT2D eigenvalue weighted by atomic mass is 10.2. The monoisotopic (exact) mass is 252 g/mol. The van der Waals surface area contributed by atoms with Gasteiger partial charge in [0.15, 0.2) is 5.58 Å². The second-order valence-corrected chi connectivity index (χ2v) is 5.61. The van der Waals surface area contributed by atoms with Gasteiger partial charge < -0.3 is 10.2 Å². The minimum Gasteiger partial charge on any atom is -0.430 e. The van der Waals surface area contributed by atoms with Crippen LogP contribution in [0.5, 0.6) is 0 Å². The van der Waals surface area contributed by atoms with Gasteiger partial charge in [0.05, 0.1) is 0 Å². The van der Waals surface area contributed by atoms with Crippen molar-refractivity contribution in [2.75, 3.05) is 11.5 Å². The molecule has 17 heavy (non-hydrogen) atoms. The van der Waals surface area contributed by atoms with Gasteiger partial charge in [0.25, 0.3) is 5.22 Å². The topological polar surface area (TPSA) is 69.1 Å². The van der Waals surface area contributed by atoms with Crippen LogP contribution in [-0.4, -0.2) is 14.9 Å². The predicted octanol–water partition coefficient (Wildman–Crippen LogP) is 2.56. The van der Waals surface area contributed by atoms with E-state index < -0.39 is 10.8 Å². The Morgan fingerprint density at radius 2 is 2.29 bits per heavy atom. The van der Waals surface area contributed by atoms with Crippen molar-refractivity contribution in [1.29, 1.82) is 0 Å². The van der Waals surface area contributed by atoms with E-state index in [-0.39, 0.29) is 0 Å². The highest BCUT2D eigenvalue weighted by molar-refractivity contribution is 7.84. The molecule has 0 amide bonds. The molecule has 92 valence electrons. The fraction of sp³-hybridized carbons (Fsp3) is 0.417. The van der Waals surface area contributed by atoms with Gasteiger partial charge in [-0.05, 0) is 18.1 Å². The van der Waals surface area contributed by atoms with Gasteiger partial charge in [0.2, 0.25) is 0 Å². The summed E-state index contributed by atoms with van der Waals surface area (Å²) in [5.74, 6) is 0.981. The second kappa shape index (κ2) is 4.87. The number of nitrogens with two attached hydrogens (primary N) is 1. The molecule has 5 heteroatoms. The molecule has 1 aromatic carbocycles. The Balaban J connectivity index is 2.27. The fourth-order valence-corrected chi connectivity index (χ4v) is 2.74. The molecule has 4 nitrogen and oxygen atoms in total. The largest absolute Gasteiger partial charge is 0.430 e. The third kappa shape index (κ3) is 2.66. The summed E-state index contributed by atoms with van der Waals surface area (Å²) in [6, 6.07) is 5.23. The first-order valence-electron chi connectivity index (χ1n) is 5.64. The number of oxazole rings is 1. The highest BCUT2D eigenvalue weighted by Crippen LogP contribution is 2.21. The molecule has 0 aliphatic carbocycles. The molecule has 0 saturated carbocycles. The van der Waals surface area contributed by atoms with Crippen LogP contribution in [-0.2, 0) is 10.8 Å². The molecule has 0 aliphatic rings. The third-order valence-corrected chi connectivity index (χ3v) is 4.16. The third-order valence-electron chi connectivity index (χ3n) is 2.72. The van der Waals surface area contributed by atoms with Gasteiger partial charge in [-0.25, -0.2) is 9.19 Å². The average Bonchev–Trinajstić information content (AvgIpc) is 2.71. The predicted molar refractivity (Wildman–Crippen MR) is 69.2 cm³/mol. The van der Waals surface area contributed by atoms with Crippen LogP contribution in [0.2, 0.25) is 0 Å². The lowest BCUT2D eigenvalue weighted by molar-refractivity contribution is 0.474. The fourth-order valence-electron chi connectivity index (χ4n) is 1.47. The van der Waals surface area contributed by atoms with E-state index in [4.69, 9.17) is 10.2 Å². The van der Waals surface area contributed by atoms with E-state index in [1.54, 1.807) is 18.2 Å². The van der Waals surface area contributed by atoms with Crippen LogP contribution >= 0.6 is 0 Å². The Bertz CT molecular complexity index is 550. The van der Waals surface area contributed by atoms with Crippen molar-refractivity contribution in [2.45, 2.75) is 25.5 Å². The summed E-state index contributed by atoms with van der Waals surface area (Å²) in [6.07, 6.45) is 0.999. The standard InChI is InChI=1S/C12H16N2O2S/c1-3-8(2)7-17(15)12-14-10-5-4-9(13)6-11(10)16-12/h4-6,8H,3,7,13H2,1-2H3. The summed E-state index contributed by atoms with van der Waals surface area (Å²) in [5.41, 5.74) is 7.56. The second-order valence-electron chi connectivity index (χ2n) is 4.23. The van der Waals surface area contributed by atoms with Crippen LogP contribution in [0, 0.1) is 5.92 Å². The maximum atomic E-state index is 12.0. The van der Waals surface area contributed by atoms with Gasteiger partial charge in [-0.3, -0.25) is 0 Å². The Morgan fingerprint density at radius 1 is 1.53 bits per heavy atom. The van der Waals surface area contributed by atoms with Crippen LogP contribution in [0.4, 0.5) is 5.69 Å². The molecular weight excluding hydrogens is 236 g/mol. The van der Waals surface area contributed by atoms with Crippen LogP contribution in [0.25, 0.3) is 11.1 Å². The molecule has 0 bridgehead atoms. The smallest absolute Gasteiger partial charge is 0.287 e. The van der Waals surface area contributed by atoms with Gasteiger partial charge in [-0.2, -0.15) is 0 Å². The minimum absolute atomic E-state index is 0.297. The summed E-state index contributed by atoms with van der Waals surface area (Å²) in [4.78, 5) is 4.22. The molecule has 0 radical (unpaired) electrons. The van der Waals surface area contributed by atoms with Crippen molar-refractivity contribution >= 4 is 27.6 Å². The normalized spacial score (nSPS) is 14.9. The number of aromatic nitrogens is 1. The minimum atomic E-state index is -1.17. The molecule has 0 aliphatic heterocycles. The van der Waals surface area contributed by atoms with E-state index in [1.165, 1.54) is 0 Å². The van der Waals surface area contributed by atoms with Crippen molar-refractivity contribution in [1.82, 2.24) is 4.98 Å². The first-order chi connectivity index (χ1) is 8.10. The van der Waals surface area contributed by atoms with E-state index in [9.17, 15) is 4.21 Å². The average molecular weight is 252 g/mol. The Labute approximate surface area is 103 Å². The van der Waals surface area contributed by atoms with E-state index in [1.807, 2.05) is 0 Å². The summed E-state index contributed by atoms with van der Waals surface area (Å²) in [6.45, 7) is 4.15. The number of benzene rings is 1. The van der Waals surface area contributed by atoms with Crippen LogP contribution in [0.3, 0.4) is 0 Å². The van der Waals surface area contributed by atoms with Crippen LogP contribution in [0.1, 0.15) is 20.3 Å². The molecule has 2 rings (SSSR count). The lowest BCUT2D eigenvalue weighted by Gasteiger charge is -2.04. The van der Waals surface area contributed by atoms with E-state index in [0.717, 1.165) is 6.42 Å². The quantitative estimate of drug-likeness (QED) is 0.849. The zero-order chi connectivity index (χ0) is 12.4. The molecular formula is C12H16N2O2S.